The van der Waals surface area contributed by atoms with Gasteiger partial charge in [0.05, 0.1) is 12.8 Å². The van der Waals surface area contributed by atoms with E-state index in [1.54, 1.807) is 7.11 Å². The minimum absolute atomic E-state index is 0.106. The van der Waals surface area contributed by atoms with E-state index in [-0.39, 0.29) is 11.8 Å². The van der Waals surface area contributed by atoms with E-state index in [0.29, 0.717) is 6.54 Å². The van der Waals surface area contributed by atoms with Crippen molar-refractivity contribution in [2.75, 3.05) is 20.2 Å². The molecule has 1 aromatic heterocycles. The maximum Gasteiger partial charge on any atom is 0.253 e. The van der Waals surface area contributed by atoms with Crippen molar-refractivity contribution in [3.8, 4) is 17.0 Å². The number of amides is 1. The average Bonchev–Trinajstić information content (AvgIpc) is 2.79. The molecule has 1 fully saturated rings. The predicted molar refractivity (Wildman–Crippen MR) is 111 cm³/mol. The van der Waals surface area contributed by atoms with Crippen LogP contribution >= 0.6 is 0 Å². The van der Waals surface area contributed by atoms with Crippen LogP contribution < -0.4 is 4.74 Å². The molecular weight excluding hydrogens is 348 g/mol. The Hall–Kier alpha value is -3.14. The largest absolute Gasteiger partial charge is 0.497 e. The van der Waals surface area contributed by atoms with Crippen molar-refractivity contribution < 1.29 is 9.53 Å². The van der Waals surface area contributed by atoms with Gasteiger partial charge in [-0.2, -0.15) is 0 Å². The number of rotatable bonds is 4. The Morgan fingerprint density at radius 2 is 1.86 bits per heavy atom. The van der Waals surface area contributed by atoms with Crippen molar-refractivity contribution in [2.45, 2.75) is 18.8 Å². The number of hydrogen-bond acceptors (Lipinski definition) is 3. The van der Waals surface area contributed by atoms with Crippen LogP contribution in [0.15, 0.2) is 72.8 Å². The summed E-state index contributed by atoms with van der Waals surface area (Å²) in [5.74, 6) is 1.18. The molecule has 0 radical (unpaired) electrons. The molecule has 1 atom stereocenters. The zero-order valence-electron chi connectivity index (χ0n) is 16.0. The Kier molecular flexibility index (Phi) is 5.38. The second kappa shape index (κ2) is 8.26. The van der Waals surface area contributed by atoms with E-state index in [4.69, 9.17) is 9.72 Å². The highest BCUT2D eigenvalue weighted by Crippen LogP contribution is 2.29. The monoisotopic (exact) mass is 372 g/mol. The number of ether oxygens (including phenoxy) is 1. The van der Waals surface area contributed by atoms with Gasteiger partial charge in [-0.3, -0.25) is 9.78 Å². The molecule has 28 heavy (non-hydrogen) atoms. The Labute approximate surface area is 165 Å². The molecule has 4 nitrogen and oxygen atoms in total. The van der Waals surface area contributed by atoms with Gasteiger partial charge in [0.2, 0.25) is 0 Å². The van der Waals surface area contributed by atoms with Gasteiger partial charge < -0.3 is 9.64 Å². The summed E-state index contributed by atoms with van der Waals surface area (Å²) in [7, 11) is 1.67. The molecule has 1 aliphatic rings. The van der Waals surface area contributed by atoms with E-state index in [9.17, 15) is 4.79 Å². The SMILES string of the molecule is COc1cccc(-c2cccc([C@H]3CCCN(C(=O)c4ccccc4)C3)n2)c1. The molecule has 3 aromatic rings. The zero-order chi connectivity index (χ0) is 19.3. The molecule has 1 aliphatic heterocycles. The van der Waals surface area contributed by atoms with Crippen molar-refractivity contribution in [3.05, 3.63) is 84.1 Å². The molecule has 4 rings (SSSR count). The van der Waals surface area contributed by atoms with E-state index in [2.05, 4.69) is 12.1 Å². The number of carbonyl (C=O) groups excluding carboxylic acids is 1. The number of piperidine rings is 1. The van der Waals surface area contributed by atoms with Gasteiger partial charge in [-0.05, 0) is 49.2 Å². The van der Waals surface area contributed by atoms with Crippen LogP contribution in [0, 0.1) is 0 Å². The first kappa shape index (κ1) is 18.2. The molecule has 2 heterocycles. The number of aromatic nitrogens is 1. The maximum atomic E-state index is 12.8. The first-order valence-corrected chi connectivity index (χ1v) is 9.70. The predicted octanol–water partition coefficient (Wildman–Crippen LogP) is 4.78. The third kappa shape index (κ3) is 3.91. The topological polar surface area (TPSA) is 42.4 Å². The normalized spacial score (nSPS) is 16.6. The van der Waals surface area contributed by atoms with Gasteiger partial charge in [0, 0.05) is 35.8 Å². The quantitative estimate of drug-likeness (QED) is 0.662. The van der Waals surface area contributed by atoms with E-state index in [0.717, 1.165) is 47.7 Å². The minimum atomic E-state index is 0.106. The van der Waals surface area contributed by atoms with Crippen molar-refractivity contribution in [3.63, 3.8) is 0 Å². The number of nitrogens with zero attached hydrogens (tertiary/aromatic N) is 2. The van der Waals surface area contributed by atoms with E-state index >= 15 is 0 Å². The number of benzene rings is 2. The van der Waals surface area contributed by atoms with Crippen molar-refractivity contribution >= 4 is 5.91 Å². The lowest BCUT2D eigenvalue weighted by Crippen LogP contribution is -2.39. The summed E-state index contributed by atoms with van der Waals surface area (Å²) in [6.45, 7) is 1.52. The van der Waals surface area contributed by atoms with E-state index in [1.807, 2.05) is 65.6 Å². The van der Waals surface area contributed by atoms with Crippen LogP contribution in [0.25, 0.3) is 11.3 Å². The number of hydrogen-bond donors (Lipinski definition) is 0. The van der Waals surface area contributed by atoms with Crippen LogP contribution in [0.2, 0.25) is 0 Å². The van der Waals surface area contributed by atoms with Gasteiger partial charge in [-0.15, -0.1) is 0 Å². The highest BCUT2D eigenvalue weighted by molar-refractivity contribution is 5.94. The molecule has 0 N–H and O–H groups in total. The molecule has 0 spiro atoms. The summed E-state index contributed by atoms with van der Waals surface area (Å²) in [5, 5.41) is 0. The Balaban J connectivity index is 1.55. The third-order valence-electron chi connectivity index (χ3n) is 5.28. The van der Waals surface area contributed by atoms with Crippen molar-refractivity contribution in [1.82, 2.24) is 9.88 Å². The maximum absolute atomic E-state index is 12.8. The van der Waals surface area contributed by atoms with Crippen molar-refractivity contribution in [1.29, 1.82) is 0 Å². The fourth-order valence-electron chi connectivity index (χ4n) is 3.79. The van der Waals surface area contributed by atoms with Crippen molar-refractivity contribution in [2.24, 2.45) is 0 Å². The molecule has 0 bridgehead atoms. The summed E-state index contributed by atoms with van der Waals surface area (Å²) in [4.78, 5) is 19.7. The summed E-state index contributed by atoms with van der Waals surface area (Å²) in [5.41, 5.74) is 3.77. The van der Waals surface area contributed by atoms with Gasteiger partial charge >= 0.3 is 0 Å². The van der Waals surface area contributed by atoms with Crippen LogP contribution in [0.5, 0.6) is 5.75 Å². The summed E-state index contributed by atoms with van der Waals surface area (Å²) in [6, 6.07) is 23.6. The zero-order valence-corrected chi connectivity index (χ0v) is 16.0. The Bertz CT molecular complexity index is 956. The number of methoxy groups -OCH3 is 1. The number of pyridine rings is 1. The standard InChI is InChI=1S/C24H24N2O2/c1-28-21-12-5-10-19(16-21)22-13-6-14-23(25-22)20-11-7-15-26(17-20)24(27)18-8-3-2-4-9-18/h2-6,8-10,12-14,16,20H,7,11,15,17H2,1H3/t20-/m0/s1. The van der Waals surface area contributed by atoms with Gasteiger partial charge in [0.25, 0.3) is 5.91 Å². The summed E-state index contributed by atoms with van der Waals surface area (Å²) < 4.78 is 5.33. The Morgan fingerprint density at radius 1 is 1.04 bits per heavy atom. The van der Waals surface area contributed by atoms with Gasteiger partial charge in [0.1, 0.15) is 5.75 Å². The van der Waals surface area contributed by atoms with Gasteiger partial charge in [0.15, 0.2) is 0 Å². The van der Waals surface area contributed by atoms with Crippen LogP contribution in [0.3, 0.4) is 0 Å². The van der Waals surface area contributed by atoms with Crippen LogP contribution in [0.4, 0.5) is 0 Å². The minimum Gasteiger partial charge on any atom is -0.497 e. The average molecular weight is 372 g/mol. The third-order valence-corrected chi connectivity index (χ3v) is 5.28. The van der Waals surface area contributed by atoms with Gasteiger partial charge in [-0.1, -0.05) is 36.4 Å². The molecular formula is C24H24N2O2. The lowest BCUT2D eigenvalue weighted by molar-refractivity contribution is 0.0706. The molecule has 2 aromatic carbocycles. The molecule has 142 valence electrons. The highest BCUT2D eigenvalue weighted by atomic mass is 16.5. The smallest absolute Gasteiger partial charge is 0.253 e. The summed E-state index contributed by atoms with van der Waals surface area (Å²) >= 11 is 0. The first-order valence-electron chi connectivity index (χ1n) is 9.70. The van der Waals surface area contributed by atoms with Crippen LogP contribution in [0.1, 0.15) is 34.8 Å². The first-order chi connectivity index (χ1) is 13.7. The Morgan fingerprint density at radius 3 is 2.68 bits per heavy atom. The molecule has 0 unspecified atom stereocenters. The molecule has 4 heteroatoms. The van der Waals surface area contributed by atoms with Crippen LogP contribution in [-0.4, -0.2) is 36.0 Å². The molecule has 1 amide bonds. The van der Waals surface area contributed by atoms with Crippen LogP contribution in [-0.2, 0) is 0 Å². The fraction of sp³-hybridized carbons (Fsp3) is 0.250. The van der Waals surface area contributed by atoms with E-state index < -0.39 is 0 Å². The fourth-order valence-corrected chi connectivity index (χ4v) is 3.79. The second-order valence-electron chi connectivity index (χ2n) is 7.14. The molecule has 1 saturated heterocycles. The molecule has 0 saturated carbocycles. The van der Waals surface area contributed by atoms with Gasteiger partial charge in [-0.25, -0.2) is 0 Å². The second-order valence-corrected chi connectivity index (χ2v) is 7.14. The lowest BCUT2D eigenvalue weighted by Gasteiger charge is -2.32. The molecule has 0 aliphatic carbocycles. The lowest BCUT2D eigenvalue weighted by atomic mass is 9.93. The number of likely N-dealkylation sites (tertiary alicyclic amines) is 1. The number of carbonyl (C=O) groups is 1. The summed E-state index contributed by atoms with van der Waals surface area (Å²) in [6.07, 6.45) is 2.04. The van der Waals surface area contributed by atoms with E-state index in [1.165, 1.54) is 0 Å². The highest BCUT2D eigenvalue weighted by Gasteiger charge is 2.26.